The zero-order valence-corrected chi connectivity index (χ0v) is 26.9. The Balaban J connectivity index is 1.42. The van der Waals surface area contributed by atoms with Gasteiger partial charge in [-0.15, -0.1) is 0 Å². The van der Waals surface area contributed by atoms with Crippen LogP contribution in [0, 0.1) is 28.6 Å². The van der Waals surface area contributed by atoms with E-state index in [0.29, 0.717) is 48.4 Å². The topological polar surface area (TPSA) is 96.0 Å². The Morgan fingerprint density at radius 1 is 1.15 bits per heavy atom. The normalized spacial score (nSPS) is 26.5. The molecule has 0 radical (unpaired) electrons. The molecule has 46 heavy (non-hydrogen) atoms. The van der Waals surface area contributed by atoms with Gasteiger partial charge in [0.1, 0.15) is 24.4 Å². The third kappa shape index (κ3) is 5.91. The lowest BCUT2D eigenvalue weighted by Gasteiger charge is -2.45. The standard InChI is InChI=1S/C35H33Cl2FN6O2/c1-3-32(45)44-13-12-43(19-23(44)10-11-39)34-27-15-30(37)26(25-8-4-6-21-7-5-9-29(36)33(21)25)16-31(27)41-35(28(34)17-40)46-20-24-14-22(38)18-42(24)2/h3-9,15-16,22-24,27,31H,1,10,12-14,18-20H2,2H3/t22-,23+,24+,27?,31?/m1/s1. The number of fused-ring (bicyclic) bond motifs is 2. The van der Waals surface area contributed by atoms with Gasteiger partial charge in [-0.25, -0.2) is 9.38 Å². The van der Waals surface area contributed by atoms with Crippen molar-refractivity contribution in [3.8, 4) is 12.1 Å². The van der Waals surface area contributed by atoms with Crippen LogP contribution in [-0.2, 0) is 9.53 Å². The van der Waals surface area contributed by atoms with Gasteiger partial charge >= 0.3 is 0 Å². The molecule has 4 aliphatic rings. The quantitative estimate of drug-likeness (QED) is 0.361. The number of halogens is 3. The van der Waals surface area contributed by atoms with E-state index < -0.39 is 24.2 Å². The number of dihydropyridines is 1. The summed E-state index contributed by atoms with van der Waals surface area (Å²) in [7, 11) is 1.86. The van der Waals surface area contributed by atoms with Gasteiger partial charge in [0.25, 0.3) is 0 Å². The molecule has 1 amide bonds. The first kappa shape index (κ1) is 31.8. The molecule has 0 bridgehead atoms. The maximum Gasteiger partial charge on any atom is 0.246 e. The highest BCUT2D eigenvalue weighted by Crippen LogP contribution is 2.44. The summed E-state index contributed by atoms with van der Waals surface area (Å²) in [5, 5.41) is 23.1. The van der Waals surface area contributed by atoms with E-state index in [4.69, 9.17) is 32.9 Å². The highest BCUT2D eigenvalue weighted by molar-refractivity contribution is 6.39. The minimum absolute atomic E-state index is 0.123. The maximum atomic E-state index is 14.2. The highest BCUT2D eigenvalue weighted by Gasteiger charge is 2.41. The molecule has 3 aliphatic heterocycles. The van der Waals surface area contributed by atoms with Crippen molar-refractivity contribution >= 4 is 51.4 Å². The molecule has 5 atom stereocenters. The first-order valence-corrected chi connectivity index (χ1v) is 16.0. The summed E-state index contributed by atoms with van der Waals surface area (Å²) in [6, 6.07) is 15.2. The van der Waals surface area contributed by atoms with E-state index in [2.05, 4.69) is 23.6 Å². The molecule has 0 saturated carbocycles. The number of benzene rings is 2. The van der Waals surface area contributed by atoms with Crippen LogP contribution in [0.2, 0.25) is 5.02 Å². The van der Waals surface area contributed by atoms with Crippen LogP contribution in [0.1, 0.15) is 18.4 Å². The molecule has 6 rings (SSSR count). The molecular weight excluding hydrogens is 626 g/mol. The van der Waals surface area contributed by atoms with Gasteiger partial charge in [-0.3, -0.25) is 9.69 Å². The number of rotatable bonds is 6. The van der Waals surface area contributed by atoms with E-state index in [1.165, 1.54) is 6.08 Å². The van der Waals surface area contributed by atoms with Crippen LogP contribution >= 0.6 is 23.2 Å². The summed E-state index contributed by atoms with van der Waals surface area (Å²) in [5.41, 5.74) is 2.58. The smallest absolute Gasteiger partial charge is 0.246 e. The zero-order valence-electron chi connectivity index (χ0n) is 25.4. The van der Waals surface area contributed by atoms with Gasteiger partial charge in [0, 0.05) is 59.3 Å². The predicted octanol–water partition coefficient (Wildman–Crippen LogP) is 5.86. The van der Waals surface area contributed by atoms with Gasteiger partial charge in [-0.1, -0.05) is 66.2 Å². The van der Waals surface area contributed by atoms with Gasteiger partial charge in [0.15, 0.2) is 0 Å². The lowest BCUT2D eigenvalue weighted by molar-refractivity contribution is -0.130. The molecule has 2 aromatic rings. The van der Waals surface area contributed by atoms with E-state index in [-0.39, 0.29) is 36.4 Å². The number of allylic oxidation sites excluding steroid dienone is 2. The summed E-state index contributed by atoms with van der Waals surface area (Å²) >= 11 is 13.7. The number of carbonyl (C=O) groups excluding carboxylic acids is 1. The molecule has 0 N–H and O–H groups in total. The second-order valence-corrected chi connectivity index (χ2v) is 12.8. The molecule has 0 aromatic heterocycles. The number of piperazine rings is 1. The fraction of sp³-hybridized carbons (Fsp3) is 0.371. The van der Waals surface area contributed by atoms with Crippen molar-refractivity contribution in [1.82, 2.24) is 14.7 Å². The van der Waals surface area contributed by atoms with E-state index in [1.807, 2.05) is 60.5 Å². The first-order valence-electron chi connectivity index (χ1n) is 15.3. The Bertz CT molecular complexity index is 1780. The second kappa shape index (κ2) is 13.3. The van der Waals surface area contributed by atoms with Crippen molar-refractivity contribution in [2.24, 2.45) is 10.9 Å². The second-order valence-electron chi connectivity index (χ2n) is 12.0. The Morgan fingerprint density at radius 2 is 1.93 bits per heavy atom. The largest absolute Gasteiger partial charge is 0.475 e. The molecule has 2 aromatic carbocycles. The van der Waals surface area contributed by atoms with Crippen molar-refractivity contribution in [2.45, 2.75) is 37.1 Å². The SMILES string of the molecule is C=CC(=O)N1CCN(C2=C(C#N)C(OC[C@@H]3C[C@@H](F)CN3C)=NC3C=C(c4cccc5cccc(Cl)c45)C(Cl)=CC23)C[C@@H]1CC#N. The number of ether oxygens (including phenoxy) is 1. The number of hydrogen-bond donors (Lipinski definition) is 0. The molecule has 2 unspecified atom stereocenters. The van der Waals surface area contributed by atoms with Crippen molar-refractivity contribution in [2.75, 3.05) is 39.8 Å². The van der Waals surface area contributed by atoms with Gasteiger partial charge in [0.2, 0.25) is 11.8 Å². The molecule has 1 aliphatic carbocycles. The maximum absolute atomic E-state index is 14.2. The molecule has 11 heteroatoms. The number of nitrogens with zero attached hydrogens (tertiary/aromatic N) is 6. The Kier molecular flexibility index (Phi) is 9.20. The highest BCUT2D eigenvalue weighted by atomic mass is 35.5. The minimum atomic E-state index is -0.937. The number of nitriles is 2. The molecule has 2 saturated heterocycles. The first-order chi connectivity index (χ1) is 22.2. The molecule has 0 spiro atoms. The van der Waals surface area contributed by atoms with Gasteiger partial charge in [-0.05, 0) is 48.2 Å². The Morgan fingerprint density at radius 3 is 2.63 bits per heavy atom. The lowest BCUT2D eigenvalue weighted by Crippen LogP contribution is -2.55. The zero-order chi connectivity index (χ0) is 32.5. The Labute approximate surface area is 277 Å². The number of likely N-dealkylation sites (tertiary alicyclic amines) is 1. The van der Waals surface area contributed by atoms with Gasteiger partial charge < -0.3 is 14.5 Å². The molecule has 236 valence electrons. The number of carbonyl (C=O) groups is 1. The summed E-state index contributed by atoms with van der Waals surface area (Å²) in [6.07, 6.45) is 4.70. The minimum Gasteiger partial charge on any atom is -0.475 e. The van der Waals surface area contributed by atoms with E-state index in [9.17, 15) is 19.7 Å². The summed E-state index contributed by atoms with van der Waals surface area (Å²) in [6.45, 7) is 5.23. The van der Waals surface area contributed by atoms with Crippen molar-refractivity contribution < 1.29 is 13.9 Å². The van der Waals surface area contributed by atoms with Crippen LogP contribution in [0.15, 0.2) is 82.5 Å². The van der Waals surface area contributed by atoms with E-state index in [0.717, 1.165) is 21.9 Å². The number of aliphatic imine (C=N–C) groups is 1. The van der Waals surface area contributed by atoms with Crippen molar-refractivity contribution in [1.29, 1.82) is 10.5 Å². The van der Waals surface area contributed by atoms with Crippen LogP contribution in [0.4, 0.5) is 4.39 Å². The third-order valence-electron chi connectivity index (χ3n) is 9.25. The molecule has 8 nitrogen and oxygen atoms in total. The van der Waals surface area contributed by atoms with E-state index in [1.54, 1.807) is 4.90 Å². The number of alkyl halides is 1. The van der Waals surface area contributed by atoms with Crippen LogP contribution in [0.25, 0.3) is 16.3 Å². The van der Waals surface area contributed by atoms with Crippen LogP contribution in [0.3, 0.4) is 0 Å². The summed E-state index contributed by atoms with van der Waals surface area (Å²) in [4.78, 5) is 23.2. The average molecular weight is 660 g/mol. The van der Waals surface area contributed by atoms with Crippen LogP contribution < -0.4 is 0 Å². The van der Waals surface area contributed by atoms with Crippen LogP contribution in [-0.4, -0.2) is 90.6 Å². The predicted molar refractivity (Wildman–Crippen MR) is 178 cm³/mol. The molecule has 3 heterocycles. The van der Waals surface area contributed by atoms with Gasteiger partial charge in [-0.2, -0.15) is 10.5 Å². The molecular formula is C35H33Cl2FN6O2. The number of amides is 1. The fourth-order valence-electron chi connectivity index (χ4n) is 7.00. The Hall–Kier alpha value is -4.15. The average Bonchev–Trinajstić information content (AvgIpc) is 3.38. The van der Waals surface area contributed by atoms with Gasteiger partial charge in [0.05, 0.1) is 24.6 Å². The fourth-order valence-corrected chi connectivity index (χ4v) is 7.58. The summed E-state index contributed by atoms with van der Waals surface area (Å²) in [5.74, 6) is -0.457. The third-order valence-corrected chi connectivity index (χ3v) is 9.90. The van der Waals surface area contributed by atoms with E-state index >= 15 is 0 Å². The van der Waals surface area contributed by atoms with Crippen molar-refractivity contribution in [3.05, 3.63) is 88.1 Å². The van der Waals surface area contributed by atoms with Crippen molar-refractivity contribution in [3.63, 3.8) is 0 Å². The number of likely N-dealkylation sites (N-methyl/N-ethyl adjacent to an activating group) is 1. The summed E-state index contributed by atoms with van der Waals surface area (Å²) < 4.78 is 20.4. The number of hydrogen-bond acceptors (Lipinski definition) is 7. The molecule has 2 fully saturated rings. The lowest BCUT2D eigenvalue weighted by atomic mass is 9.82. The van der Waals surface area contributed by atoms with Crippen LogP contribution in [0.5, 0.6) is 0 Å². The monoisotopic (exact) mass is 658 g/mol.